The molecule has 3 aromatic rings. The number of hydrogen-bond donors (Lipinski definition) is 1. The van der Waals surface area contributed by atoms with E-state index in [1.54, 1.807) is 0 Å². The SMILES string of the molecule is CC(C)c1c[nH]c(=S)n1-c1cccc2ccncc12. The van der Waals surface area contributed by atoms with Gasteiger partial charge in [-0.25, -0.2) is 0 Å². The number of benzene rings is 1. The van der Waals surface area contributed by atoms with Crippen molar-refractivity contribution in [2.24, 2.45) is 0 Å². The van der Waals surface area contributed by atoms with Gasteiger partial charge in [-0.3, -0.25) is 9.55 Å². The van der Waals surface area contributed by atoms with Crippen molar-refractivity contribution in [1.82, 2.24) is 14.5 Å². The largest absolute Gasteiger partial charge is 0.337 e. The van der Waals surface area contributed by atoms with Crippen LogP contribution in [0.4, 0.5) is 0 Å². The predicted molar refractivity (Wildman–Crippen MR) is 80.3 cm³/mol. The van der Waals surface area contributed by atoms with Crippen molar-refractivity contribution in [3.63, 3.8) is 0 Å². The third-order valence-corrected chi connectivity index (χ3v) is 3.60. The number of H-pyrrole nitrogens is 1. The van der Waals surface area contributed by atoms with E-state index in [0.29, 0.717) is 5.92 Å². The van der Waals surface area contributed by atoms with E-state index >= 15 is 0 Å². The van der Waals surface area contributed by atoms with E-state index in [0.717, 1.165) is 15.8 Å². The maximum absolute atomic E-state index is 5.42. The zero-order chi connectivity index (χ0) is 13.4. The zero-order valence-corrected chi connectivity index (χ0v) is 11.7. The average Bonchev–Trinajstić information content (AvgIpc) is 2.80. The molecule has 0 aliphatic heterocycles. The predicted octanol–water partition coefficient (Wildman–Crippen LogP) is 4.21. The van der Waals surface area contributed by atoms with Gasteiger partial charge >= 0.3 is 0 Å². The maximum atomic E-state index is 5.42. The first-order valence-corrected chi connectivity index (χ1v) is 6.73. The fourth-order valence-corrected chi connectivity index (χ4v) is 2.61. The number of rotatable bonds is 2. The number of imidazole rings is 1. The highest BCUT2D eigenvalue weighted by Gasteiger charge is 2.11. The topological polar surface area (TPSA) is 33.6 Å². The lowest BCUT2D eigenvalue weighted by atomic mass is 10.1. The van der Waals surface area contributed by atoms with Crippen molar-refractivity contribution in [2.45, 2.75) is 19.8 Å². The standard InChI is InChI=1S/C15H15N3S/c1-10(2)14-9-17-15(19)18(14)13-5-3-4-11-6-7-16-8-12(11)13/h3-10H,1-2H3,(H,17,19). The Balaban J connectivity index is 2.37. The second kappa shape index (κ2) is 4.63. The van der Waals surface area contributed by atoms with Gasteiger partial charge in [-0.05, 0) is 35.7 Å². The number of aromatic nitrogens is 3. The molecular weight excluding hydrogens is 254 g/mol. The summed E-state index contributed by atoms with van der Waals surface area (Å²) in [5.41, 5.74) is 2.27. The van der Waals surface area contributed by atoms with Gasteiger partial charge in [-0.1, -0.05) is 26.0 Å². The molecule has 1 aromatic carbocycles. The van der Waals surface area contributed by atoms with Gasteiger partial charge in [0.05, 0.1) is 5.69 Å². The molecule has 0 aliphatic rings. The first-order valence-electron chi connectivity index (χ1n) is 6.32. The fraction of sp³-hybridized carbons (Fsp3) is 0.200. The van der Waals surface area contributed by atoms with Crippen LogP contribution in [-0.4, -0.2) is 14.5 Å². The molecular formula is C15H15N3S. The maximum Gasteiger partial charge on any atom is 0.182 e. The molecule has 0 saturated carbocycles. The molecule has 0 aliphatic carbocycles. The Morgan fingerprint density at radius 2 is 2.11 bits per heavy atom. The molecule has 2 aromatic heterocycles. The first kappa shape index (κ1) is 12.1. The van der Waals surface area contributed by atoms with E-state index in [2.05, 4.69) is 46.6 Å². The molecule has 3 nitrogen and oxygen atoms in total. The Morgan fingerprint density at radius 3 is 2.89 bits per heavy atom. The van der Waals surface area contributed by atoms with E-state index in [-0.39, 0.29) is 0 Å². The summed E-state index contributed by atoms with van der Waals surface area (Å²) >= 11 is 5.42. The molecule has 0 unspecified atom stereocenters. The average molecular weight is 269 g/mol. The number of aromatic amines is 1. The summed E-state index contributed by atoms with van der Waals surface area (Å²) in [6.45, 7) is 4.33. The van der Waals surface area contributed by atoms with E-state index in [9.17, 15) is 0 Å². The quantitative estimate of drug-likeness (QED) is 0.707. The summed E-state index contributed by atoms with van der Waals surface area (Å²) in [6.07, 6.45) is 5.69. The zero-order valence-electron chi connectivity index (χ0n) is 10.9. The molecule has 0 bridgehead atoms. The number of nitrogens with one attached hydrogen (secondary N) is 1. The molecule has 1 N–H and O–H groups in total. The highest BCUT2D eigenvalue weighted by molar-refractivity contribution is 7.71. The lowest BCUT2D eigenvalue weighted by Gasteiger charge is -2.13. The van der Waals surface area contributed by atoms with Crippen molar-refractivity contribution < 1.29 is 0 Å². The van der Waals surface area contributed by atoms with Gasteiger partial charge in [0.1, 0.15) is 0 Å². The fourth-order valence-electron chi connectivity index (χ4n) is 2.35. The van der Waals surface area contributed by atoms with E-state index in [1.807, 2.05) is 24.7 Å². The Kier molecular flexibility index (Phi) is 2.95. The van der Waals surface area contributed by atoms with Gasteiger partial charge in [0, 0.05) is 29.7 Å². The Morgan fingerprint density at radius 1 is 1.26 bits per heavy atom. The van der Waals surface area contributed by atoms with Gasteiger partial charge < -0.3 is 4.98 Å². The second-order valence-corrected chi connectivity index (χ2v) is 5.27. The molecule has 0 fully saturated rings. The molecule has 4 heteroatoms. The second-order valence-electron chi connectivity index (χ2n) is 4.88. The Bertz CT molecular complexity index is 778. The summed E-state index contributed by atoms with van der Waals surface area (Å²) in [5, 5.41) is 2.29. The number of fused-ring (bicyclic) bond motifs is 1. The normalized spacial score (nSPS) is 11.3. The molecule has 96 valence electrons. The minimum absolute atomic E-state index is 0.403. The van der Waals surface area contributed by atoms with E-state index in [4.69, 9.17) is 12.2 Å². The van der Waals surface area contributed by atoms with E-state index in [1.165, 1.54) is 11.1 Å². The molecule has 0 saturated heterocycles. The van der Waals surface area contributed by atoms with Crippen LogP contribution in [0.2, 0.25) is 0 Å². The van der Waals surface area contributed by atoms with Crippen LogP contribution >= 0.6 is 12.2 Å². The van der Waals surface area contributed by atoms with Crippen molar-refractivity contribution >= 4 is 23.0 Å². The number of hydrogen-bond acceptors (Lipinski definition) is 2. The summed E-state index contributed by atoms with van der Waals surface area (Å²) < 4.78 is 2.82. The summed E-state index contributed by atoms with van der Waals surface area (Å²) in [6, 6.07) is 8.24. The van der Waals surface area contributed by atoms with E-state index < -0.39 is 0 Å². The lowest BCUT2D eigenvalue weighted by molar-refractivity contribution is 0.785. The van der Waals surface area contributed by atoms with Crippen LogP contribution < -0.4 is 0 Å². The minimum atomic E-state index is 0.403. The van der Waals surface area contributed by atoms with Crippen LogP contribution in [-0.2, 0) is 0 Å². The molecule has 0 atom stereocenters. The highest BCUT2D eigenvalue weighted by atomic mass is 32.1. The number of pyridine rings is 1. The smallest absolute Gasteiger partial charge is 0.182 e. The Labute approximate surface area is 116 Å². The van der Waals surface area contributed by atoms with Gasteiger partial charge in [0.2, 0.25) is 0 Å². The lowest BCUT2D eigenvalue weighted by Crippen LogP contribution is -2.02. The van der Waals surface area contributed by atoms with Crippen molar-refractivity contribution in [3.05, 3.63) is 53.3 Å². The highest BCUT2D eigenvalue weighted by Crippen LogP contribution is 2.25. The van der Waals surface area contributed by atoms with Crippen LogP contribution in [0.25, 0.3) is 16.5 Å². The molecule has 2 heterocycles. The van der Waals surface area contributed by atoms with Crippen LogP contribution in [0.15, 0.2) is 42.9 Å². The first-order chi connectivity index (χ1) is 9.18. The minimum Gasteiger partial charge on any atom is -0.337 e. The molecule has 0 amide bonds. The van der Waals surface area contributed by atoms with Crippen LogP contribution in [0.1, 0.15) is 25.5 Å². The van der Waals surface area contributed by atoms with Crippen molar-refractivity contribution in [3.8, 4) is 5.69 Å². The van der Waals surface area contributed by atoms with Gasteiger partial charge in [-0.2, -0.15) is 0 Å². The summed E-state index contributed by atoms with van der Waals surface area (Å²) in [4.78, 5) is 7.37. The van der Waals surface area contributed by atoms with Crippen molar-refractivity contribution in [1.29, 1.82) is 0 Å². The molecule has 3 rings (SSSR count). The third-order valence-electron chi connectivity index (χ3n) is 3.30. The van der Waals surface area contributed by atoms with Crippen LogP contribution in [0.5, 0.6) is 0 Å². The molecule has 0 spiro atoms. The van der Waals surface area contributed by atoms with Gasteiger partial charge in [0.15, 0.2) is 4.77 Å². The summed E-state index contributed by atoms with van der Waals surface area (Å²) in [7, 11) is 0. The monoisotopic (exact) mass is 269 g/mol. The van der Waals surface area contributed by atoms with Gasteiger partial charge in [-0.15, -0.1) is 0 Å². The Hall–Kier alpha value is -1.94. The summed E-state index contributed by atoms with van der Waals surface area (Å²) in [5.74, 6) is 0.403. The van der Waals surface area contributed by atoms with Crippen LogP contribution in [0.3, 0.4) is 0 Å². The van der Waals surface area contributed by atoms with Gasteiger partial charge in [0.25, 0.3) is 0 Å². The molecule has 19 heavy (non-hydrogen) atoms. The van der Waals surface area contributed by atoms with Crippen molar-refractivity contribution in [2.75, 3.05) is 0 Å². The molecule has 0 radical (unpaired) electrons. The number of nitrogens with zero attached hydrogens (tertiary/aromatic N) is 2. The third kappa shape index (κ3) is 1.98. The van der Waals surface area contributed by atoms with Crippen LogP contribution in [0, 0.1) is 4.77 Å².